The van der Waals surface area contributed by atoms with Crippen molar-refractivity contribution in [3.63, 3.8) is 0 Å². The SMILES string of the molecule is CN(c1ccc([N+](=O)[O-])cc1)C1(C)CCCCC1. The fraction of sp³-hybridized carbons (Fsp3) is 0.571. The average molecular weight is 248 g/mol. The summed E-state index contributed by atoms with van der Waals surface area (Å²) in [5.74, 6) is 0. The first kappa shape index (κ1) is 12.9. The highest BCUT2D eigenvalue weighted by molar-refractivity contribution is 5.52. The molecule has 0 radical (unpaired) electrons. The molecule has 1 aromatic rings. The molecule has 98 valence electrons. The van der Waals surface area contributed by atoms with E-state index in [1.165, 1.54) is 32.1 Å². The Morgan fingerprint density at radius 3 is 2.22 bits per heavy atom. The van der Waals surface area contributed by atoms with Gasteiger partial charge in [-0.05, 0) is 31.9 Å². The van der Waals surface area contributed by atoms with Crippen LogP contribution in [0, 0.1) is 10.1 Å². The molecule has 1 aliphatic rings. The number of nitro benzene ring substituents is 1. The van der Waals surface area contributed by atoms with Crippen molar-refractivity contribution in [1.82, 2.24) is 0 Å². The molecule has 0 aromatic heterocycles. The Bertz CT molecular complexity index is 422. The van der Waals surface area contributed by atoms with Crippen LogP contribution in [0.1, 0.15) is 39.0 Å². The van der Waals surface area contributed by atoms with Crippen LogP contribution in [0.2, 0.25) is 0 Å². The van der Waals surface area contributed by atoms with Crippen molar-refractivity contribution in [2.75, 3.05) is 11.9 Å². The van der Waals surface area contributed by atoms with E-state index in [1.807, 2.05) is 12.1 Å². The van der Waals surface area contributed by atoms with E-state index in [4.69, 9.17) is 0 Å². The van der Waals surface area contributed by atoms with E-state index in [0.29, 0.717) is 0 Å². The van der Waals surface area contributed by atoms with Gasteiger partial charge in [-0.15, -0.1) is 0 Å². The molecule has 0 aliphatic heterocycles. The monoisotopic (exact) mass is 248 g/mol. The van der Waals surface area contributed by atoms with Gasteiger partial charge < -0.3 is 4.90 Å². The molecule has 1 saturated carbocycles. The lowest BCUT2D eigenvalue weighted by Gasteiger charge is -2.43. The summed E-state index contributed by atoms with van der Waals surface area (Å²) in [7, 11) is 2.09. The smallest absolute Gasteiger partial charge is 0.269 e. The lowest BCUT2D eigenvalue weighted by atomic mass is 9.82. The lowest BCUT2D eigenvalue weighted by molar-refractivity contribution is -0.384. The van der Waals surface area contributed by atoms with Crippen molar-refractivity contribution >= 4 is 11.4 Å². The van der Waals surface area contributed by atoms with Crippen LogP contribution in [0.25, 0.3) is 0 Å². The average Bonchev–Trinajstić information content (AvgIpc) is 2.39. The molecule has 0 unspecified atom stereocenters. The van der Waals surface area contributed by atoms with E-state index < -0.39 is 0 Å². The molecule has 18 heavy (non-hydrogen) atoms. The van der Waals surface area contributed by atoms with Crippen LogP contribution in [-0.4, -0.2) is 17.5 Å². The highest BCUT2D eigenvalue weighted by Crippen LogP contribution is 2.35. The Morgan fingerprint density at radius 1 is 1.17 bits per heavy atom. The molecule has 4 nitrogen and oxygen atoms in total. The third kappa shape index (κ3) is 2.47. The summed E-state index contributed by atoms with van der Waals surface area (Å²) in [6.45, 7) is 2.29. The lowest BCUT2D eigenvalue weighted by Crippen LogP contribution is -2.45. The second kappa shape index (κ2) is 4.96. The standard InChI is InChI=1S/C14H20N2O2/c1-14(10-4-3-5-11-14)15(2)12-6-8-13(9-7-12)16(17)18/h6-9H,3-5,10-11H2,1-2H3. The highest BCUT2D eigenvalue weighted by atomic mass is 16.6. The third-order valence-electron chi connectivity index (χ3n) is 4.19. The minimum Gasteiger partial charge on any atom is -0.369 e. The molecule has 1 aromatic carbocycles. The summed E-state index contributed by atoms with van der Waals surface area (Å²) in [5.41, 5.74) is 1.40. The van der Waals surface area contributed by atoms with Gasteiger partial charge in [-0.25, -0.2) is 0 Å². The van der Waals surface area contributed by atoms with Crippen LogP contribution in [-0.2, 0) is 0 Å². The molecule has 0 amide bonds. The first-order valence-electron chi connectivity index (χ1n) is 6.51. The van der Waals surface area contributed by atoms with Crippen molar-refractivity contribution in [2.45, 2.75) is 44.6 Å². The van der Waals surface area contributed by atoms with E-state index in [9.17, 15) is 10.1 Å². The number of nitrogens with zero attached hydrogens (tertiary/aromatic N) is 2. The van der Waals surface area contributed by atoms with Gasteiger partial charge in [0.2, 0.25) is 0 Å². The Balaban J connectivity index is 2.17. The van der Waals surface area contributed by atoms with Crippen LogP contribution in [0.5, 0.6) is 0 Å². The maximum Gasteiger partial charge on any atom is 0.269 e. The van der Waals surface area contributed by atoms with Crippen molar-refractivity contribution in [1.29, 1.82) is 0 Å². The van der Waals surface area contributed by atoms with E-state index in [-0.39, 0.29) is 16.1 Å². The number of benzene rings is 1. The van der Waals surface area contributed by atoms with Gasteiger partial charge >= 0.3 is 0 Å². The molecule has 2 rings (SSSR count). The topological polar surface area (TPSA) is 46.4 Å². The van der Waals surface area contributed by atoms with Crippen LogP contribution in [0.3, 0.4) is 0 Å². The Morgan fingerprint density at radius 2 is 1.72 bits per heavy atom. The molecule has 0 bridgehead atoms. The first-order valence-corrected chi connectivity index (χ1v) is 6.51. The zero-order valence-electron chi connectivity index (χ0n) is 11.1. The molecule has 1 fully saturated rings. The van der Waals surface area contributed by atoms with Gasteiger partial charge in [-0.3, -0.25) is 10.1 Å². The van der Waals surface area contributed by atoms with Gasteiger partial charge in [-0.1, -0.05) is 19.3 Å². The predicted molar refractivity (Wildman–Crippen MR) is 73.0 cm³/mol. The molecule has 4 heteroatoms. The number of non-ortho nitro benzene ring substituents is 1. The van der Waals surface area contributed by atoms with E-state index in [0.717, 1.165) is 5.69 Å². The van der Waals surface area contributed by atoms with Crippen LogP contribution >= 0.6 is 0 Å². The van der Waals surface area contributed by atoms with Gasteiger partial charge in [0.1, 0.15) is 0 Å². The maximum absolute atomic E-state index is 10.6. The number of hydrogen-bond acceptors (Lipinski definition) is 3. The van der Waals surface area contributed by atoms with Crippen molar-refractivity contribution in [2.24, 2.45) is 0 Å². The summed E-state index contributed by atoms with van der Waals surface area (Å²) in [5, 5.41) is 10.6. The van der Waals surface area contributed by atoms with Gasteiger partial charge in [0.15, 0.2) is 0 Å². The Kier molecular flexibility index (Phi) is 3.55. The minimum absolute atomic E-state index is 0.154. The van der Waals surface area contributed by atoms with Crippen molar-refractivity contribution < 1.29 is 4.92 Å². The molecule has 0 heterocycles. The molecule has 0 saturated heterocycles. The second-order valence-electron chi connectivity index (χ2n) is 5.39. The number of anilines is 1. The normalized spacial score (nSPS) is 18.3. The fourth-order valence-electron chi connectivity index (χ4n) is 2.76. The fourth-order valence-corrected chi connectivity index (χ4v) is 2.76. The van der Waals surface area contributed by atoms with Crippen LogP contribution in [0.4, 0.5) is 11.4 Å². The molecular formula is C14H20N2O2. The largest absolute Gasteiger partial charge is 0.369 e. The third-order valence-corrected chi connectivity index (χ3v) is 4.19. The van der Waals surface area contributed by atoms with Crippen molar-refractivity contribution in [3.05, 3.63) is 34.4 Å². The van der Waals surface area contributed by atoms with E-state index in [1.54, 1.807) is 12.1 Å². The second-order valence-corrected chi connectivity index (χ2v) is 5.39. The zero-order valence-corrected chi connectivity index (χ0v) is 11.1. The minimum atomic E-state index is -0.355. The molecule has 1 aliphatic carbocycles. The Labute approximate surface area is 108 Å². The molecule has 0 spiro atoms. The van der Waals surface area contributed by atoms with E-state index >= 15 is 0 Å². The quantitative estimate of drug-likeness (QED) is 0.604. The first-order chi connectivity index (χ1) is 8.53. The number of rotatable bonds is 3. The van der Waals surface area contributed by atoms with Gasteiger partial charge in [0.05, 0.1) is 4.92 Å². The van der Waals surface area contributed by atoms with Gasteiger partial charge in [0.25, 0.3) is 5.69 Å². The molecule has 0 N–H and O–H groups in total. The van der Waals surface area contributed by atoms with Crippen molar-refractivity contribution in [3.8, 4) is 0 Å². The maximum atomic E-state index is 10.6. The Hall–Kier alpha value is -1.58. The van der Waals surface area contributed by atoms with Gasteiger partial charge in [-0.2, -0.15) is 0 Å². The number of hydrogen-bond donors (Lipinski definition) is 0. The summed E-state index contributed by atoms with van der Waals surface area (Å²) in [4.78, 5) is 12.6. The van der Waals surface area contributed by atoms with Crippen LogP contribution in [0.15, 0.2) is 24.3 Å². The summed E-state index contributed by atoms with van der Waals surface area (Å²) in [6.07, 6.45) is 6.26. The molecule has 0 atom stereocenters. The van der Waals surface area contributed by atoms with Gasteiger partial charge in [0, 0.05) is 30.4 Å². The highest BCUT2D eigenvalue weighted by Gasteiger charge is 2.31. The summed E-state index contributed by atoms with van der Waals surface area (Å²) < 4.78 is 0. The summed E-state index contributed by atoms with van der Waals surface area (Å²) >= 11 is 0. The number of nitro groups is 1. The summed E-state index contributed by atoms with van der Waals surface area (Å²) in [6, 6.07) is 6.85. The molecular weight excluding hydrogens is 228 g/mol. The van der Waals surface area contributed by atoms with Crippen LogP contribution < -0.4 is 4.90 Å². The zero-order chi connectivity index (χ0) is 13.2. The predicted octanol–water partition coefficient (Wildman–Crippen LogP) is 3.75. The van der Waals surface area contributed by atoms with E-state index in [2.05, 4.69) is 18.9 Å².